The normalized spacial score (nSPS) is 13.8. The van der Waals surface area contributed by atoms with Gasteiger partial charge in [-0.05, 0) is 50.3 Å². The minimum Gasteiger partial charge on any atom is -0.496 e. The van der Waals surface area contributed by atoms with Gasteiger partial charge in [0.25, 0.3) is 0 Å². The third-order valence-electron chi connectivity index (χ3n) is 4.06. The van der Waals surface area contributed by atoms with E-state index < -0.39 is 0 Å². The first-order chi connectivity index (χ1) is 10.2. The molecule has 2 nitrogen and oxygen atoms in total. The summed E-state index contributed by atoms with van der Waals surface area (Å²) in [7, 11) is 1.66. The summed E-state index contributed by atoms with van der Waals surface area (Å²) in [4.78, 5) is 14.9. The number of hydrogen-bond donors (Lipinski definition) is 0. The van der Waals surface area contributed by atoms with E-state index in [-0.39, 0.29) is 5.78 Å². The molecule has 0 amide bonds. The second kappa shape index (κ2) is 6.02. The van der Waals surface area contributed by atoms with E-state index in [1.54, 1.807) is 18.4 Å². The van der Waals surface area contributed by atoms with Crippen molar-refractivity contribution in [3.8, 4) is 5.75 Å². The standard InChI is InChI=1S/C18H20O2S/c1-12-7-8-16(20-2)14(9-12)10-15(19)18-11-13-5-3-4-6-17(13)21-18/h7-9,11H,3-6,10H2,1-2H3. The third-order valence-corrected chi connectivity index (χ3v) is 5.34. The molecule has 3 heteroatoms. The molecule has 0 unspecified atom stereocenters. The van der Waals surface area contributed by atoms with Crippen LogP contribution in [-0.2, 0) is 19.3 Å². The van der Waals surface area contributed by atoms with E-state index in [9.17, 15) is 4.79 Å². The Kier molecular flexibility index (Phi) is 4.11. The molecule has 0 spiro atoms. The molecular formula is C18H20O2S. The summed E-state index contributed by atoms with van der Waals surface area (Å²) in [6.07, 6.45) is 5.20. The van der Waals surface area contributed by atoms with Crippen LogP contribution in [-0.4, -0.2) is 12.9 Å². The van der Waals surface area contributed by atoms with Gasteiger partial charge in [-0.25, -0.2) is 0 Å². The van der Waals surface area contributed by atoms with E-state index in [0.717, 1.165) is 34.6 Å². The molecule has 21 heavy (non-hydrogen) atoms. The van der Waals surface area contributed by atoms with Crippen molar-refractivity contribution in [2.75, 3.05) is 7.11 Å². The summed E-state index contributed by atoms with van der Waals surface area (Å²) in [6, 6.07) is 8.11. The van der Waals surface area contributed by atoms with E-state index >= 15 is 0 Å². The molecule has 0 saturated heterocycles. The lowest BCUT2D eigenvalue weighted by atomic mass is 9.98. The zero-order chi connectivity index (χ0) is 14.8. The van der Waals surface area contributed by atoms with Crippen LogP contribution in [0.2, 0.25) is 0 Å². The van der Waals surface area contributed by atoms with Crippen molar-refractivity contribution in [3.05, 3.63) is 50.7 Å². The van der Waals surface area contributed by atoms with Crippen LogP contribution in [0.5, 0.6) is 5.75 Å². The first-order valence-electron chi connectivity index (χ1n) is 7.45. The Morgan fingerprint density at radius 3 is 2.81 bits per heavy atom. The summed E-state index contributed by atoms with van der Waals surface area (Å²) in [5.74, 6) is 1.01. The number of thiophene rings is 1. The quantitative estimate of drug-likeness (QED) is 0.784. The number of methoxy groups -OCH3 is 1. The van der Waals surface area contributed by atoms with Crippen LogP contribution < -0.4 is 4.74 Å². The molecule has 0 bridgehead atoms. The molecule has 0 radical (unpaired) electrons. The summed E-state index contributed by atoms with van der Waals surface area (Å²) < 4.78 is 5.37. The predicted octanol–water partition coefficient (Wildman–Crippen LogP) is 4.37. The van der Waals surface area contributed by atoms with Gasteiger partial charge in [0, 0.05) is 16.9 Å². The largest absolute Gasteiger partial charge is 0.496 e. The first-order valence-corrected chi connectivity index (χ1v) is 8.27. The van der Waals surface area contributed by atoms with Gasteiger partial charge in [-0.2, -0.15) is 0 Å². The summed E-state index contributed by atoms with van der Waals surface area (Å²) in [5.41, 5.74) is 3.53. The fourth-order valence-electron chi connectivity index (χ4n) is 2.93. The first kappa shape index (κ1) is 14.3. The predicted molar refractivity (Wildman–Crippen MR) is 86.7 cm³/mol. The molecular weight excluding hydrogens is 280 g/mol. The number of carbonyl (C=O) groups is 1. The van der Waals surface area contributed by atoms with Crippen molar-refractivity contribution in [2.24, 2.45) is 0 Å². The maximum atomic E-state index is 12.6. The fraction of sp³-hybridized carbons (Fsp3) is 0.389. The molecule has 2 aromatic rings. The van der Waals surface area contributed by atoms with Crippen molar-refractivity contribution < 1.29 is 9.53 Å². The number of ketones is 1. The highest BCUT2D eigenvalue weighted by Crippen LogP contribution is 2.31. The number of rotatable bonds is 4. The van der Waals surface area contributed by atoms with E-state index in [1.165, 1.54) is 23.3 Å². The number of ether oxygens (including phenoxy) is 1. The molecule has 0 aliphatic heterocycles. The molecule has 1 heterocycles. The Hall–Kier alpha value is -1.61. The van der Waals surface area contributed by atoms with Gasteiger partial charge in [0.05, 0.1) is 12.0 Å². The van der Waals surface area contributed by atoms with Crippen LogP contribution in [0, 0.1) is 6.92 Å². The van der Waals surface area contributed by atoms with Crippen LogP contribution >= 0.6 is 11.3 Å². The number of carbonyl (C=O) groups excluding carboxylic acids is 1. The zero-order valence-corrected chi connectivity index (χ0v) is 13.4. The number of hydrogen-bond acceptors (Lipinski definition) is 3. The Balaban J connectivity index is 1.83. The molecule has 0 N–H and O–H groups in total. The lowest BCUT2D eigenvalue weighted by Gasteiger charge is -2.08. The van der Waals surface area contributed by atoms with E-state index in [2.05, 4.69) is 6.07 Å². The average Bonchev–Trinajstić information content (AvgIpc) is 2.91. The molecule has 0 atom stereocenters. The minimum atomic E-state index is 0.207. The molecule has 110 valence electrons. The Morgan fingerprint density at radius 1 is 1.24 bits per heavy atom. The highest BCUT2D eigenvalue weighted by molar-refractivity contribution is 7.14. The number of fused-ring (bicyclic) bond motifs is 1. The van der Waals surface area contributed by atoms with Crippen LogP contribution in [0.25, 0.3) is 0 Å². The van der Waals surface area contributed by atoms with Crippen molar-refractivity contribution in [3.63, 3.8) is 0 Å². The SMILES string of the molecule is COc1ccc(C)cc1CC(=O)c1cc2c(s1)CCCC2. The molecule has 0 fully saturated rings. The van der Waals surface area contributed by atoms with E-state index in [1.807, 2.05) is 25.1 Å². The van der Waals surface area contributed by atoms with Gasteiger partial charge in [0.15, 0.2) is 5.78 Å². The van der Waals surface area contributed by atoms with Crippen molar-refractivity contribution in [1.82, 2.24) is 0 Å². The maximum absolute atomic E-state index is 12.6. The summed E-state index contributed by atoms with van der Waals surface area (Å²) >= 11 is 1.69. The van der Waals surface area contributed by atoms with Gasteiger partial charge in [-0.1, -0.05) is 17.7 Å². The molecule has 1 aliphatic carbocycles. The number of Topliss-reactive ketones (excluding diaryl/α,β-unsaturated/α-hetero) is 1. The Labute approximate surface area is 129 Å². The maximum Gasteiger partial charge on any atom is 0.177 e. The van der Waals surface area contributed by atoms with Gasteiger partial charge in [-0.3, -0.25) is 4.79 Å². The second-order valence-electron chi connectivity index (χ2n) is 5.68. The minimum absolute atomic E-state index is 0.207. The smallest absolute Gasteiger partial charge is 0.177 e. The van der Waals surface area contributed by atoms with Crippen LogP contribution in [0.1, 0.15) is 44.1 Å². The lowest BCUT2D eigenvalue weighted by molar-refractivity contribution is 0.0996. The number of aryl methyl sites for hydroxylation is 3. The molecule has 1 aromatic carbocycles. The average molecular weight is 300 g/mol. The topological polar surface area (TPSA) is 26.3 Å². The third kappa shape index (κ3) is 3.03. The molecule has 1 aromatic heterocycles. The molecule has 1 aliphatic rings. The van der Waals surface area contributed by atoms with Crippen LogP contribution in [0.15, 0.2) is 24.3 Å². The van der Waals surface area contributed by atoms with Gasteiger partial charge in [-0.15, -0.1) is 11.3 Å². The van der Waals surface area contributed by atoms with Gasteiger partial charge < -0.3 is 4.74 Å². The fourth-order valence-corrected chi connectivity index (χ4v) is 4.12. The van der Waals surface area contributed by atoms with Gasteiger partial charge in [0.1, 0.15) is 5.75 Å². The lowest BCUT2D eigenvalue weighted by Crippen LogP contribution is -2.03. The Bertz CT molecular complexity index is 646. The van der Waals surface area contributed by atoms with Crippen molar-refractivity contribution >= 4 is 17.1 Å². The van der Waals surface area contributed by atoms with E-state index in [0.29, 0.717) is 6.42 Å². The van der Waals surface area contributed by atoms with Gasteiger partial charge in [0.2, 0.25) is 0 Å². The Morgan fingerprint density at radius 2 is 2.05 bits per heavy atom. The van der Waals surface area contributed by atoms with Crippen LogP contribution in [0.3, 0.4) is 0 Å². The second-order valence-corrected chi connectivity index (χ2v) is 6.82. The number of benzene rings is 1. The molecule has 3 rings (SSSR count). The highest BCUT2D eigenvalue weighted by atomic mass is 32.1. The van der Waals surface area contributed by atoms with Gasteiger partial charge >= 0.3 is 0 Å². The summed E-state index contributed by atoms with van der Waals surface area (Å²) in [5, 5.41) is 0. The monoisotopic (exact) mass is 300 g/mol. The zero-order valence-electron chi connectivity index (χ0n) is 12.6. The van der Waals surface area contributed by atoms with Crippen molar-refractivity contribution in [2.45, 2.75) is 39.0 Å². The molecule has 0 saturated carbocycles. The van der Waals surface area contributed by atoms with Crippen LogP contribution in [0.4, 0.5) is 0 Å². The van der Waals surface area contributed by atoms with Crippen molar-refractivity contribution in [1.29, 1.82) is 0 Å². The highest BCUT2D eigenvalue weighted by Gasteiger charge is 2.18. The van der Waals surface area contributed by atoms with E-state index in [4.69, 9.17) is 4.74 Å². The summed E-state index contributed by atoms with van der Waals surface area (Å²) in [6.45, 7) is 2.04.